The van der Waals surface area contributed by atoms with Gasteiger partial charge in [0.15, 0.2) is 0 Å². The van der Waals surface area contributed by atoms with Crippen LogP contribution in [-0.4, -0.2) is 33.4 Å². The van der Waals surface area contributed by atoms with Crippen LogP contribution >= 0.6 is 11.6 Å². The highest BCUT2D eigenvalue weighted by atomic mass is 35.5. The van der Waals surface area contributed by atoms with E-state index in [9.17, 15) is 4.79 Å². The number of halogens is 1. The van der Waals surface area contributed by atoms with Crippen LogP contribution in [0.5, 0.6) is 0 Å². The van der Waals surface area contributed by atoms with Crippen molar-refractivity contribution in [1.29, 1.82) is 0 Å². The Kier molecular flexibility index (Phi) is 5.68. The van der Waals surface area contributed by atoms with Gasteiger partial charge in [-0.15, -0.1) is 0 Å². The highest BCUT2D eigenvalue weighted by Crippen LogP contribution is 2.22. The number of carbonyl (C=O) groups is 1. The van der Waals surface area contributed by atoms with Gasteiger partial charge in [-0.25, -0.2) is 4.98 Å². The minimum atomic E-state index is 0.249. The lowest BCUT2D eigenvalue weighted by molar-refractivity contribution is -0.132. The number of amides is 1. The van der Waals surface area contributed by atoms with Gasteiger partial charge >= 0.3 is 0 Å². The maximum absolute atomic E-state index is 12.3. The van der Waals surface area contributed by atoms with E-state index in [4.69, 9.17) is 11.6 Å². The minimum absolute atomic E-state index is 0.249. The summed E-state index contributed by atoms with van der Waals surface area (Å²) in [5.41, 5.74) is 0. The fourth-order valence-electron chi connectivity index (χ4n) is 3.07. The van der Waals surface area contributed by atoms with Gasteiger partial charge in [0.2, 0.25) is 5.91 Å². The van der Waals surface area contributed by atoms with E-state index < -0.39 is 0 Å². The third-order valence-corrected chi connectivity index (χ3v) is 4.73. The summed E-state index contributed by atoms with van der Waals surface area (Å²) in [4.78, 5) is 18.7. The second-order valence-corrected chi connectivity index (χ2v) is 6.58. The van der Waals surface area contributed by atoms with Gasteiger partial charge in [0.25, 0.3) is 0 Å². The zero-order valence-corrected chi connectivity index (χ0v) is 14.1. The Labute approximate surface area is 132 Å². The van der Waals surface area contributed by atoms with Crippen molar-refractivity contribution in [1.82, 2.24) is 14.5 Å². The molecule has 2 heterocycles. The number of imidazole rings is 1. The standard InChI is InChI=1S/C16H26ClN3O/c1-4-13-7-9-19(10-8-13)16(21)6-5-15-18-11-14(17)20(15)12(2)3/h11-13H,4-10H2,1-3H3. The van der Waals surface area contributed by atoms with E-state index in [2.05, 4.69) is 25.8 Å². The molecule has 0 aromatic carbocycles. The summed E-state index contributed by atoms with van der Waals surface area (Å²) in [6.07, 6.45) is 6.39. The van der Waals surface area contributed by atoms with Crippen LogP contribution in [-0.2, 0) is 11.2 Å². The van der Waals surface area contributed by atoms with Crippen LogP contribution in [0.3, 0.4) is 0 Å². The smallest absolute Gasteiger partial charge is 0.223 e. The van der Waals surface area contributed by atoms with Crippen molar-refractivity contribution >= 4 is 17.5 Å². The maximum Gasteiger partial charge on any atom is 0.223 e. The molecule has 4 nitrogen and oxygen atoms in total. The van der Waals surface area contributed by atoms with Crippen molar-refractivity contribution in [2.24, 2.45) is 5.92 Å². The number of carbonyl (C=O) groups excluding carboxylic acids is 1. The van der Waals surface area contributed by atoms with Gasteiger partial charge in [0.1, 0.15) is 11.0 Å². The molecule has 0 N–H and O–H groups in total. The number of hydrogen-bond donors (Lipinski definition) is 0. The molecule has 0 saturated carbocycles. The number of hydrogen-bond acceptors (Lipinski definition) is 2. The largest absolute Gasteiger partial charge is 0.343 e. The quantitative estimate of drug-likeness (QED) is 0.831. The minimum Gasteiger partial charge on any atom is -0.343 e. The summed E-state index contributed by atoms with van der Waals surface area (Å²) in [7, 11) is 0. The number of aromatic nitrogens is 2. The molecule has 1 amide bonds. The lowest BCUT2D eigenvalue weighted by atomic mass is 9.94. The molecule has 1 aliphatic rings. The fraction of sp³-hybridized carbons (Fsp3) is 0.750. The van der Waals surface area contributed by atoms with Crippen LogP contribution < -0.4 is 0 Å². The predicted molar refractivity (Wildman–Crippen MR) is 85.5 cm³/mol. The summed E-state index contributed by atoms with van der Waals surface area (Å²) in [6, 6.07) is 0.269. The Balaban J connectivity index is 1.87. The van der Waals surface area contributed by atoms with Gasteiger partial charge < -0.3 is 9.47 Å². The molecule has 1 aliphatic heterocycles. The maximum atomic E-state index is 12.3. The van der Waals surface area contributed by atoms with Crippen LogP contribution in [0.15, 0.2) is 6.20 Å². The highest BCUT2D eigenvalue weighted by Gasteiger charge is 2.22. The average Bonchev–Trinajstić information content (AvgIpc) is 2.86. The van der Waals surface area contributed by atoms with Crippen LogP contribution in [0.2, 0.25) is 5.15 Å². The SMILES string of the molecule is CCC1CCN(C(=O)CCc2ncc(Cl)n2C(C)C)CC1. The Morgan fingerprint density at radius 2 is 2.10 bits per heavy atom. The summed E-state index contributed by atoms with van der Waals surface area (Å²) < 4.78 is 2.00. The van der Waals surface area contributed by atoms with Crippen molar-refractivity contribution in [3.63, 3.8) is 0 Å². The molecule has 1 aromatic heterocycles. The van der Waals surface area contributed by atoms with Crippen molar-refractivity contribution in [2.75, 3.05) is 13.1 Å². The third kappa shape index (κ3) is 4.00. The topological polar surface area (TPSA) is 38.1 Å². The lowest BCUT2D eigenvalue weighted by Crippen LogP contribution is -2.38. The molecule has 1 fully saturated rings. The van der Waals surface area contributed by atoms with E-state index in [1.54, 1.807) is 6.20 Å². The molecular weight excluding hydrogens is 286 g/mol. The normalized spacial score (nSPS) is 16.7. The van der Waals surface area contributed by atoms with E-state index in [0.29, 0.717) is 18.0 Å². The lowest BCUT2D eigenvalue weighted by Gasteiger charge is -2.31. The van der Waals surface area contributed by atoms with Gasteiger partial charge in [0, 0.05) is 32.0 Å². The second-order valence-electron chi connectivity index (χ2n) is 6.19. The highest BCUT2D eigenvalue weighted by molar-refractivity contribution is 6.29. The van der Waals surface area contributed by atoms with E-state index >= 15 is 0 Å². The number of nitrogens with zero attached hydrogens (tertiary/aromatic N) is 3. The number of likely N-dealkylation sites (tertiary alicyclic amines) is 1. The van der Waals surface area contributed by atoms with Crippen LogP contribution in [0, 0.1) is 5.92 Å². The molecule has 2 rings (SSSR count). The zero-order valence-electron chi connectivity index (χ0n) is 13.3. The molecule has 0 unspecified atom stereocenters. The van der Waals surface area contributed by atoms with Crippen molar-refractivity contribution in [2.45, 2.75) is 58.9 Å². The third-order valence-electron chi connectivity index (χ3n) is 4.45. The second kappa shape index (κ2) is 7.30. The molecule has 0 radical (unpaired) electrons. The molecular formula is C16H26ClN3O. The summed E-state index contributed by atoms with van der Waals surface area (Å²) in [5.74, 6) is 1.96. The van der Waals surface area contributed by atoms with Crippen molar-refractivity contribution in [3.8, 4) is 0 Å². The van der Waals surface area contributed by atoms with Gasteiger partial charge in [-0.1, -0.05) is 24.9 Å². The summed E-state index contributed by atoms with van der Waals surface area (Å²) in [5, 5.41) is 0.649. The fourth-order valence-corrected chi connectivity index (χ4v) is 3.41. The van der Waals surface area contributed by atoms with E-state index in [-0.39, 0.29) is 11.9 Å². The molecule has 118 valence electrons. The van der Waals surface area contributed by atoms with Crippen molar-refractivity contribution < 1.29 is 4.79 Å². The number of aryl methyl sites for hydroxylation is 1. The molecule has 1 aromatic rings. The zero-order chi connectivity index (χ0) is 15.4. The first-order valence-corrected chi connectivity index (χ1v) is 8.40. The molecule has 21 heavy (non-hydrogen) atoms. The monoisotopic (exact) mass is 311 g/mol. The first kappa shape index (κ1) is 16.3. The predicted octanol–water partition coefficient (Wildman–Crippen LogP) is 3.70. The molecule has 1 saturated heterocycles. The number of piperidine rings is 1. The molecule has 0 bridgehead atoms. The van der Waals surface area contributed by atoms with Gasteiger partial charge in [0.05, 0.1) is 6.20 Å². The van der Waals surface area contributed by atoms with E-state index in [0.717, 1.165) is 37.7 Å². The first-order valence-electron chi connectivity index (χ1n) is 8.02. The van der Waals surface area contributed by atoms with Gasteiger partial charge in [-0.3, -0.25) is 4.79 Å². The molecule has 0 aliphatic carbocycles. The number of rotatable bonds is 5. The Hall–Kier alpha value is -1.03. The van der Waals surface area contributed by atoms with Crippen LogP contribution in [0.25, 0.3) is 0 Å². The molecule has 0 spiro atoms. The summed E-state index contributed by atoms with van der Waals surface area (Å²) >= 11 is 6.14. The Bertz CT molecular complexity index is 476. The van der Waals surface area contributed by atoms with E-state index in [1.165, 1.54) is 6.42 Å². The van der Waals surface area contributed by atoms with Crippen LogP contribution in [0.4, 0.5) is 0 Å². The molecule has 0 atom stereocenters. The molecule has 5 heteroatoms. The Morgan fingerprint density at radius 3 is 2.67 bits per heavy atom. The van der Waals surface area contributed by atoms with E-state index in [1.807, 2.05) is 9.47 Å². The Morgan fingerprint density at radius 1 is 1.43 bits per heavy atom. The summed E-state index contributed by atoms with van der Waals surface area (Å²) in [6.45, 7) is 8.22. The van der Waals surface area contributed by atoms with Crippen LogP contribution in [0.1, 0.15) is 58.3 Å². The van der Waals surface area contributed by atoms with Gasteiger partial charge in [-0.2, -0.15) is 0 Å². The first-order chi connectivity index (χ1) is 10.0. The van der Waals surface area contributed by atoms with Gasteiger partial charge in [-0.05, 0) is 32.6 Å². The van der Waals surface area contributed by atoms with Crippen molar-refractivity contribution in [3.05, 3.63) is 17.2 Å². The average molecular weight is 312 g/mol.